The topological polar surface area (TPSA) is 29.3 Å². The Kier molecular flexibility index (Phi) is 7.22. The second-order valence-corrected chi connectivity index (χ2v) is 15.6. The molecule has 8 aromatic carbocycles. The van der Waals surface area contributed by atoms with E-state index in [2.05, 4.69) is 175 Å². The van der Waals surface area contributed by atoms with Crippen LogP contribution in [0.3, 0.4) is 0 Å². The summed E-state index contributed by atoms with van der Waals surface area (Å²) in [5.74, 6) is 0. The minimum absolute atomic E-state index is 0.871. The largest absolute Gasteiger partial charge is 0.454 e. The number of thiophene rings is 1. The average molecular weight is 727 g/mol. The first-order chi connectivity index (χ1) is 26.7. The summed E-state index contributed by atoms with van der Waals surface area (Å²) >= 11 is 3.60. The van der Waals surface area contributed by atoms with Gasteiger partial charge in [-0.15, -0.1) is 22.7 Å². The van der Waals surface area contributed by atoms with Crippen molar-refractivity contribution in [3.63, 3.8) is 0 Å². The summed E-state index contributed by atoms with van der Waals surface area (Å²) in [6.07, 6.45) is 0. The molecule has 11 aromatic rings. The van der Waals surface area contributed by atoms with Crippen LogP contribution in [-0.2, 0) is 0 Å². The number of fused-ring (bicyclic) bond motifs is 8. The molecular weight excluding hydrogens is 697 g/mol. The van der Waals surface area contributed by atoms with Gasteiger partial charge in [0.2, 0.25) is 0 Å². The van der Waals surface area contributed by atoms with Crippen LogP contribution in [0.25, 0.3) is 85.2 Å². The maximum Gasteiger partial charge on any atom is 0.159 e. The summed E-state index contributed by atoms with van der Waals surface area (Å²) in [6.45, 7) is 0. The number of hydrogen-bond acceptors (Lipinski definition) is 5. The van der Waals surface area contributed by atoms with E-state index in [4.69, 9.17) is 9.40 Å². The second kappa shape index (κ2) is 12.6. The smallest absolute Gasteiger partial charge is 0.159 e. The van der Waals surface area contributed by atoms with Crippen molar-refractivity contribution < 1.29 is 4.42 Å². The van der Waals surface area contributed by atoms with Gasteiger partial charge in [-0.1, -0.05) is 127 Å². The molecule has 0 bridgehead atoms. The maximum absolute atomic E-state index is 6.57. The standard InChI is InChI=1S/C49H30N2OS2/c1-3-10-31(11-4-1)32-18-23-36(24-19-32)51(41-16-9-15-39-38-14-7-8-17-42(38)52-48(39)41)37-25-20-33(21-26-37)35-22-27-40-45(30-35)53-43-28-29-44-47(46(40)43)50-49(54-44)34-12-5-2-6-13-34/h1-30H. The zero-order chi connectivity index (χ0) is 35.6. The third kappa shape index (κ3) is 5.12. The van der Waals surface area contributed by atoms with E-state index in [0.717, 1.165) is 55.1 Å². The predicted octanol–water partition coefficient (Wildman–Crippen LogP) is 15.0. The Morgan fingerprint density at radius 3 is 1.80 bits per heavy atom. The van der Waals surface area contributed by atoms with Crippen LogP contribution >= 0.6 is 22.7 Å². The van der Waals surface area contributed by atoms with Crippen LogP contribution < -0.4 is 4.90 Å². The fourth-order valence-electron chi connectivity index (χ4n) is 7.71. The number of rotatable bonds is 6. The molecule has 0 amide bonds. The summed E-state index contributed by atoms with van der Waals surface area (Å²) < 4.78 is 10.3. The molecule has 0 fully saturated rings. The summed E-state index contributed by atoms with van der Waals surface area (Å²) in [4.78, 5) is 7.46. The van der Waals surface area contributed by atoms with Crippen LogP contribution in [0.1, 0.15) is 0 Å². The van der Waals surface area contributed by atoms with E-state index in [9.17, 15) is 0 Å². The Labute approximate surface area is 319 Å². The first-order valence-electron chi connectivity index (χ1n) is 18.0. The molecule has 0 N–H and O–H groups in total. The van der Waals surface area contributed by atoms with E-state index < -0.39 is 0 Å². The molecule has 5 heteroatoms. The number of para-hydroxylation sites is 2. The molecule has 0 radical (unpaired) electrons. The lowest BCUT2D eigenvalue weighted by Gasteiger charge is -2.26. The van der Waals surface area contributed by atoms with Crippen LogP contribution in [0.4, 0.5) is 17.1 Å². The molecule has 3 aromatic heterocycles. The van der Waals surface area contributed by atoms with Gasteiger partial charge in [0.1, 0.15) is 10.6 Å². The minimum Gasteiger partial charge on any atom is -0.454 e. The normalized spacial score (nSPS) is 11.7. The number of furan rings is 1. The van der Waals surface area contributed by atoms with Crippen molar-refractivity contribution in [1.82, 2.24) is 4.98 Å². The Hall–Kier alpha value is -6.53. The Bertz CT molecular complexity index is 3140. The van der Waals surface area contributed by atoms with Gasteiger partial charge in [0.15, 0.2) is 5.58 Å². The maximum atomic E-state index is 6.57. The number of nitrogens with zero attached hydrogens (tertiary/aromatic N) is 2. The number of thiazole rings is 1. The van der Waals surface area contributed by atoms with Gasteiger partial charge >= 0.3 is 0 Å². The quantitative estimate of drug-likeness (QED) is 0.171. The van der Waals surface area contributed by atoms with E-state index in [-0.39, 0.29) is 0 Å². The first-order valence-corrected chi connectivity index (χ1v) is 19.7. The van der Waals surface area contributed by atoms with Crippen LogP contribution in [0.5, 0.6) is 0 Å². The monoisotopic (exact) mass is 726 g/mol. The van der Waals surface area contributed by atoms with E-state index in [0.29, 0.717) is 0 Å². The van der Waals surface area contributed by atoms with Crippen molar-refractivity contribution in [2.24, 2.45) is 0 Å². The van der Waals surface area contributed by atoms with E-state index in [1.54, 1.807) is 11.3 Å². The fourth-order valence-corrected chi connectivity index (χ4v) is 9.84. The molecule has 3 nitrogen and oxygen atoms in total. The third-order valence-corrected chi connectivity index (χ3v) is 12.5. The molecule has 0 aliphatic rings. The van der Waals surface area contributed by atoms with E-state index in [1.807, 2.05) is 23.5 Å². The molecular formula is C49H30N2OS2. The molecule has 54 heavy (non-hydrogen) atoms. The van der Waals surface area contributed by atoms with Crippen LogP contribution in [-0.4, -0.2) is 4.98 Å². The van der Waals surface area contributed by atoms with Crippen molar-refractivity contribution in [3.8, 4) is 32.8 Å². The highest BCUT2D eigenvalue weighted by Gasteiger charge is 2.20. The van der Waals surface area contributed by atoms with Crippen molar-refractivity contribution in [2.45, 2.75) is 0 Å². The van der Waals surface area contributed by atoms with Crippen molar-refractivity contribution >= 4 is 92.1 Å². The van der Waals surface area contributed by atoms with Crippen LogP contribution in [0.15, 0.2) is 186 Å². The van der Waals surface area contributed by atoms with Gasteiger partial charge in [-0.2, -0.15) is 0 Å². The first kappa shape index (κ1) is 31.0. The SMILES string of the molecule is c1ccc(-c2ccc(N(c3ccc(-c4ccc5c(c4)sc4ccc6sc(-c7ccccc7)nc6c45)cc3)c3cccc4c3oc3ccccc34)cc2)cc1. The molecule has 0 aliphatic heterocycles. The van der Waals surface area contributed by atoms with E-state index in [1.165, 1.54) is 47.1 Å². The third-order valence-electron chi connectivity index (χ3n) is 10.3. The molecule has 0 saturated carbocycles. The lowest BCUT2D eigenvalue weighted by atomic mass is 10.0. The lowest BCUT2D eigenvalue weighted by Crippen LogP contribution is -2.10. The number of aromatic nitrogens is 1. The van der Waals surface area contributed by atoms with Crippen LogP contribution in [0, 0.1) is 0 Å². The number of hydrogen-bond donors (Lipinski definition) is 0. The van der Waals surface area contributed by atoms with Gasteiger partial charge < -0.3 is 9.32 Å². The second-order valence-electron chi connectivity index (χ2n) is 13.5. The fraction of sp³-hybridized carbons (Fsp3) is 0. The predicted molar refractivity (Wildman–Crippen MR) is 231 cm³/mol. The van der Waals surface area contributed by atoms with Gasteiger partial charge in [-0.3, -0.25) is 0 Å². The average Bonchev–Trinajstić information content (AvgIpc) is 3.96. The number of anilines is 3. The minimum atomic E-state index is 0.871. The highest BCUT2D eigenvalue weighted by atomic mass is 32.1. The van der Waals surface area contributed by atoms with Crippen molar-refractivity contribution in [1.29, 1.82) is 0 Å². The highest BCUT2D eigenvalue weighted by Crippen LogP contribution is 2.45. The van der Waals surface area contributed by atoms with Gasteiger partial charge in [0.05, 0.1) is 15.9 Å². The van der Waals surface area contributed by atoms with Gasteiger partial charge in [0, 0.05) is 47.9 Å². The zero-order valence-electron chi connectivity index (χ0n) is 28.9. The number of benzene rings is 8. The summed E-state index contributed by atoms with van der Waals surface area (Å²) in [7, 11) is 0. The molecule has 0 spiro atoms. The summed E-state index contributed by atoms with van der Waals surface area (Å²) in [5, 5.41) is 5.80. The van der Waals surface area contributed by atoms with Crippen molar-refractivity contribution in [3.05, 3.63) is 182 Å². The molecule has 3 heterocycles. The highest BCUT2D eigenvalue weighted by molar-refractivity contribution is 7.26. The Morgan fingerprint density at radius 2 is 1.04 bits per heavy atom. The lowest BCUT2D eigenvalue weighted by molar-refractivity contribution is 0.669. The molecule has 0 atom stereocenters. The summed E-state index contributed by atoms with van der Waals surface area (Å²) in [5.41, 5.74) is 11.9. The molecule has 0 aliphatic carbocycles. The Morgan fingerprint density at radius 1 is 0.426 bits per heavy atom. The summed E-state index contributed by atoms with van der Waals surface area (Å²) in [6, 6.07) is 64.8. The molecule has 0 saturated heterocycles. The van der Waals surface area contributed by atoms with Gasteiger partial charge in [0.25, 0.3) is 0 Å². The molecule has 254 valence electrons. The van der Waals surface area contributed by atoms with Gasteiger partial charge in [-0.05, 0) is 76.9 Å². The Balaban J connectivity index is 0.997. The molecule has 11 rings (SSSR count). The zero-order valence-corrected chi connectivity index (χ0v) is 30.6. The molecule has 0 unspecified atom stereocenters. The van der Waals surface area contributed by atoms with E-state index >= 15 is 0 Å². The van der Waals surface area contributed by atoms with Crippen molar-refractivity contribution in [2.75, 3.05) is 4.90 Å². The van der Waals surface area contributed by atoms with Crippen LogP contribution in [0.2, 0.25) is 0 Å². The van der Waals surface area contributed by atoms with Gasteiger partial charge in [-0.25, -0.2) is 4.98 Å².